The quantitative estimate of drug-likeness (QED) is 0.0548. The number of aryl methyl sites for hydroxylation is 1. The highest BCUT2D eigenvalue weighted by atomic mass is 31.2. The number of aromatic nitrogens is 2. The van der Waals surface area contributed by atoms with Crippen molar-refractivity contribution >= 4 is 14.4 Å². The lowest BCUT2D eigenvalue weighted by Crippen LogP contribution is -2.55. The average Bonchev–Trinajstić information content (AvgIpc) is 4.07. The molecular weight excluding hydrogens is 858 g/mol. The number of nitrogens with one attached hydrogen (secondary N) is 1. The van der Waals surface area contributed by atoms with Crippen molar-refractivity contribution in [3.63, 3.8) is 0 Å². The first-order valence-electron chi connectivity index (χ1n) is 23.2. The number of hydrogen-bond acceptors (Lipinski definition) is 11. The number of nitriles is 1. The maximum absolute atomic E-state index is 15.7. The number of carbonyl (C=O) groups is 1. The van der Waals surface area contributed by atoms with Crippen molar-refractivity contribution < 1.29 is 32.8 Å². The molecule has 2 aliphatic heterocycles. The van der Waals surface area contributed by atoms with Gasteiger partial charge in [0.15, 0.2) is 6.23 Å². The van der Waals surface area contributed by atoms with Crippen LogP contribution < -0.4 is 20.7 Å². The number of nitrogens with zero attached hydrogens (tertiary/aromatic N) is 4. The average molecular weight is 922 g/mol. The lowest BCUT2D eigenvalue weighted by atomic mass is 9.79. The van der Waals surface area contributed by atoms with Crippen LogP contribution in [0.5, 0.6) is 11.5 Å². The third-order valence-electron chi connectivity index (χ3n) is 14.7. The van der Waals surface area contributed by atoms with Crippen LogP contribution in [0.2, 0.25) is 0 Å². The maximum Gasteiger partial charge on any atom is 0.330 e. The molecule has 3 unspecified atom stereocenters. The van der Waals surface area contributed by atoms with Gasteiger partial charge in [0, 0.05) is 29.3 Å². The zero-order valence-corrected chi connectivity index (χ0v) is 40.3. The fourth-order valence-electron chi connectivity index (χ4n) is 11.3. The Morgan fingerprint density at radius 3 is 2.05 bits per heavy atom. The van der Waals surface area contributed by atoms with Crippen molar-refractivity contribution in [3.05, 3.63) is 128 Å². The standard InChI is InChI=1S/C51H64N5O9P/c1-9-48-24-26-49(31-48,27-25-48)46(58)55-32-50(33-62-51(37-14-11-10-12-15-37,38-16-20-40(60-7)21-17-38)39-18-22-41(61-8)23-19-39)43(65-66(63-29-13-28-52)56(34(2)3)35(4)5)42(55)45(64-50)54-30-36(6)44(57)53-47(54)59/h10-12,14-23,30,34-35,42-43,45H,9,13,24-27,29,31-33H2,1-8H3,(H,53,57,59)/t42?,43?,45-,48?,49?,50-,66?/m1/s1. The SMILES string of the molecule is CCC12CCC(C(=O)N3C[C@]4(COC(c5ccccc5)(c5ccc(OC)cc5)c5ccc(OC)cc5)O[C@@H](n5cc(C)c(=O)[nH]c5=O)C3C4OP(OCCC#N)N(C(C)C)C(C)C)(CC1)C2. The molecule has 4 aliphatic rings. The van der Waals surface area contributed by atoms with E-state index >= 15 is 4.79 Å². The van der Waals surface area contributed by atoms with Crippen molar-refractivity contribution in [2.75, 3.05) is 34.0 Å². The molecule has 8 rings (SSSR count). The number of amides is 1. The van der Waals surface area contributed by atoms with E-state index in [1.807, 2.05) is 83.8 Å². The van der Waals surface area contributed by atoms with Crippen LogP contribution in [0.25, 0.3) is 0 Å². The lowest BCUT2D eigenvalue weighted by Gasteiger charge is -2.43. The largest absolute Gasteiger partial charge is 0.497 e. The van der Waals surface area contributed by atoms with E-state index in [0.29, 0.717) is 17.1 Å². The zero-order chi connectivity index (χ0) is 47.0. The normalized spacial score (nSPS) is 26.1. The molecule has 1 N–H and O–H groups in total. The highest BCUT2D eigenvalue weighted by Crippen LogP contribution is 2.65. The highest BCUT2D eigenvalue weighted by Gasteiger charge is 2.70. The molecule has 3 aromatic carbocycles. The molecule has 1 aromatic heterocycles. The van der Waals surface area contributed by atoms with E-state index in [1.165, 1.54) is 10.8 Å². The van der Waals surface area contributed by atoms with E-state index in [2.05, 4.69) is 50.3 Å². The van der Waals surface area contributed by atoms with Crippen LogP contribution in [-0.4, -0.2) is 88.8 Å². The first kappa shape index (κ1) is 47.6. The second-order valence-corrected chi connectivity index (χ2v) is 20.6. The molecule has 66 heavy (non-hydrogen) atoms. The number of fused-ring (bicyclic) bond motifs is 4. The van der Waals surface area contributed by atoms with E-state index in [9.17, 15) is 14.9 Å². The smallest absolute Gasteiger partial charge is 0.330 e. The molecule has 352 valence electrons. The second-order valence-electron chi connectivity index (χ2n) is 19.2. The summed E-state index contributed by atoms with van der Waals surface area (Å²) in [4.78, 5) is 47.0. The fraction of sp³-hybridized carbons (Fsp3) is 0.529. The van der Waals surface area contributed by atoms with Gasteiger partial charge in [-0.05, 0) is 113 Å². The molecule has 2 saturated heterocycles. The summed E-state index contributed by atoms with van der Waals surface area (Å²) in [6, 6.07) is 26.8. The Balaban J connectivity index is 1.33. The lowest BCUT2D eigenvalue weighted by molar-refractivity contribution is -0.186. The van der Waals surface area contributed by atoms with Gasteiger partial charge in [-0.3, -0.25) is 19.1 Å². The van der Waals surface area contributed by atoms with E-state index in [1.54, 1.807) is 21.1 Å². The predicted molar refractivity (Wildman–Crippen MR) is 251 cm³/mol. The molecule has 1 amide bonds. The van der Waals surface area contributed by atoms with Crippen molar-refractivity contribution in [3.8, 4) is 17.6 Å². The molecule has 0 spiro atoms. The molecule has 2 aliphatic carbocycles. The summed E-state index contributed by atoms with van der Waals surface area (Å²) >= 11 is 0. The summed E-state index contributed by atoms with van der Waals surface area (Å²) in [7, 11) is 1.36. The molecule has 4 fully saturated rings. The summed E-state index contributed by atoms with van der Waals surface area (Å²) in [5, 5.41) is 9.63. The van der Waals surface area contributed by atoms with Crippen molar-refractivity contribution in [2.45, 2.75) is 128 Å². The van der Waals surface area contributed by atoms with E-state index in [0.717, 1.165) is 55.2 Å². The molecule has 3 heterocycles. The minimum absolute atomic E-state index is 0.0252. The van der Waals surface area contributed by atoms with Crippen molar-refractivity contribution in [1.82, 2.24) is 19.1 Å². The number of H-pyrrole nitrogens is 1. The summed E-state index contributed by atoms with van der Waals surface area (Å²) in [5.41, 5.74) is -1.54. The Hall–Kier alpha value is -4.87. The van der Waals surface area contributed by atoms with Gasteiger partial charge in [-0.25, -0.2) is 9.46 Å². The number of ether oxygens (including phenoxy) is 4. The van der Waals surface area contributed by atoms with Crippen LogP contribution in [0.1, 0.15) is 108 Å². The number of morpholine rings is 1. The molecule has 15 heteroatoms. The van der Waals surface area contributed by atoms with E-state index < -0.39 is 54.8 Å². The van der Waals surface area contributed by atoms with Crippen LogP contribution in [-0.2, 0) is 28.9 Å². The van der Waals surface area contributed by atoms with Crippen LogP contribution in [0.4, 0.5) is 0 Å². The minimum atomic E-state index is -1.89. The van der Waals surface area contributed by atoms with Gasteiger partial charge in [0.1, 0.15) is 34.8 Å². The van der Waals surface area contributed by atoms with Gasteiger partial charge in [-0.2, -0.15) is 5.26 Å². The minimum Gasteiger partial charge on any atom is -0.497 e. The van der Waals surface area contributed by atoms with Crippen LogP contribution >= 0.6 is 8.53 Å². The topological polar surface area (TPSA) is 158 Å². The Kier molecular flexibility index (Phi) is 13.7. The third-order valence-corrected chi connectivity index (χ3v) is 16.8. The van der Waals surface area contributed by atoms with Crippen LogP contribution in [0.3, 0.4) is 0 Å². The van der Waals surface area contributed by atoms with E-state index in [4.69, 9.17) is 28.0 Å². The first-order valence-corrected chi connectivity index (χ1v) is 24.4. The second kappa shape index (κ2) is 19.0. The number of carbonyl (C=O) groups excluding carboxylic acids is 1. The molecule has 0 radical (unpaired) electrons. The Morgan fingerprint density at radius 1 is 0.924 bits per heavy atom. The molecule has 5 atom stereocenters. The van der Waals surface area contributed by atoms with Gasteiger partial charge in [-0.15, -0.1) is 0 Å². The Labute approximate surface area is 389 Å². The Bertz CT molecular complexity index is 2440. The molecular formula is C51H64N5O9P. The third kappa shape index (κ3) is 8.41. The first-order chi connectivity index (χ1) is 31.7. The van der Waals surface area contributed by atoms with Crippen molar-refractivity contribution in [2.24, 2.45) is 10.8 Å². The maximum atomic E-state index is 15.7. The van der Waals surface area contributed by atoms with Gasteiger partial charge in [0.2, 0.25) is 5.91 Å². The number of benzene rings is 3. The summed E-state index contributed by atoms with van der Waals surface area (Å²) < 4.78 is 43.8. The number of methoxy groups -OCH3 is 2. The highest BCUT2D eigenvalue weighted by molar-refractivity contribution is 7.44. The molecule has 14 nitrogen and oxygen atoms in total. The Morgan fingerprint density at radius 2 is 1.52 bits per heavy atom. The van der Waals surface area contributed by atoms with Gasteiger partial charge in [0.25, 0.3) is 14.1 Å². The van der Waals surface area contributed by atoms with Gasteiger partial charge < -0.3 is 32.9 Å². The fourth-order valence-corrected chi connectivity index (χ4v) is 13.1. The van der Waals surface area contributed by atoms with Crippen LogP contribution in [0, 0.1) is 29.1 Å². The number of rotatable bonds is 19. The number of aromatic amines is 1. The number of likely N-dealkylation sites (tertiary alicyclic amines) is 1. The van der Waals surface area contributed by atoms with Gasteiger partial charge in [-0.1, -0.05) is 67.9 Å². The van der Waals surface area contributed by atoms with Gasteiger partial charge in [0.05, 0.1) is 46.5 Å². The molecule has 4 aromatic rings. The summed E-state index contributed by atoms with van der Waals surface area (Å²) in [6.45, 7) is 12.3. The summed E-state index contributed by atoms with van der Waals surface area (Å²) in [5.74, 6) is 1.37. The van der Waals surface area contributed by atoms with Crippen molar-refractivity contribution in [1.29, 1.82) is 5.26 Å². The molecule has 2 saturated carbocycles. The predicted octanol–water partition coefficient (Wildman–Crippen LogP) is 8.37. The van der Waals surface area contributed by atoms with Gasteiger partial charge >= 0.3 is 5.69 Å². The number of hydrogen-bond donors (Lipinski definition) is 1. The zero-order valence-electron chi connectivity index (χ0n) is 39.5. The van der Waals surface area contributed by atoms with Crippen LogP contribution in [0.15, 0.2) is 94.6 Å². The van der Waals surface area contributed by atoms with E-state index in [-0.39, 0.29) is 49.6 Å². The molecule has 4 bridgehead atoms. The summed E-state index contributed by atoms with van der Waals surface area (Å²) in [6.07, 6.45) is 5.03. The monoisotopic (exact) mass is 921 g/mol.